The van der Waals surface area contributed by atoms with Crippen LogP contribution in [0.2, 0.25) is 5.02 Å². The third-order valence-electron chi connectivity index (χ3n) is 5.08. The number of methoxy groups -OCH3 is 1. The van der Waals surface area contributed by atoms with Gasteiger partial charge in [0.05, 0.1) is 24.3 Å². The topological polar surface area (TPSA) is 87.1 Å². The number of Topliss-reactive ketones (excluding diaryl/α,β-unsaturated/α-hetero) is 1. The number of rotatable bonds is 4. The number of aliphatic hydroxyl groups excluding tert-OH is 1. The van der Waals surface area contributed by atoms with E-state index < -0.39 is 17.7 Å². The van der Waals surface area contributed by atoms with Crippen molar-refractivity contribution in [1.29, 1.82) is 0 Å². The number of aliphatic hydroxyl groups is 1. The van der Waals surface area contributed by atoms with Gasteiger partial charge in [0.2, 0.25) is 0 Å². The first-order valence-corrected chi connectivity index (χ1v) is 9.79. The maximum atomic E-state index is 13.1. The highest BCUT2D eigenvalue weighted by atomic mass is 35.5. The first-order valence-electron chi connectivity index (χ1n) is 9.41. The number of para-hydroxylation sites is 1. The first kappa shape index (κ1) is 20.5. The molecule has 1 saturated heterocycles. The minimum absolute atomic E-state index is 0.0357. The van der Waals surface area contributed by atoms with Gasteiger partial charge in [-0.1, -0.05) is 41.9 Å². The molecule has 0 bridgehead atoms. The fraction of sp³-hybridized carbons (Fsp3) is 0.0833. The average Bonchev–Trinajstić information content (AvgIpc) is 3.04. The summed E-state index contributed by atoms with van der Waals surface area (Å²) in [6, 6.07) is 18.4. The Hall–Kier alpha value is -3.77. The average molecular weight is 436 g/mol. The molecule has 1 amide bonds. The molecular weight excluding hydrogens is 418 g/mol. The van der Waals surface area contributed by atoms with Crippen LogP contribution < -0.4 is 9.64 Å². The lowest BCUT2D eigenvalue weighted by molar-refractivity contribution is -0.132. The summed E-state index contributed by atoms with van der Waals surface area (Å²) >= 11 is 6.12. The molecule has 3 aromatic carbocycles. The molecule has 0 saturated carbocycles. The second-order valence-electron chi connectivity index (χ2n) is 6.94. The van der Waals surface area contributed by atoms with Crippen molar-refractivity contribution in [3.05, 3.63) is 94.5 Å². The Bertz CT molecular complexity index is 1220. The van der Waals surface area contributed by atoms with Gasteiger partial charge in [0.25, 0.3) is 11.7 Å². The van der Waals surface area contributed by atoms with E-state index in [0.29, 0.717) is 22.0 Å². The summed E-state index contributed by atoms with van der Waals surface area (Å²) in [5.74, 6) is -1.72. The summed E-state index contributed by atoms with van der Waals surface area (Å²) in [6.07, 6.45) is 0. The van der Waals surface area contributed by atoms with E-state index in [1.54, 1.807) is 60.7 Å². The van der Waals surface area contributed by atoms with E-state index in [1.165, 1.54) is 24.1 Å². The zero-order chi connectivity index (χ0) is 22.1. The van der Waals surface area contributed by atoms with Crippen molar-refractivity contribution < 1.29 is 24.5 Å². The number of ether oxygens (including phenoxy) is 1. The SMILES string of the molecule is COc1ccccc1/C(O)=C1\C(=O)C(=O)N(c2cccc(Cl)c2)C1c1cccc(O)c1. The van der Waals surface area contributed by atoms with Gasteiger partial charge in [-0.2, -0.15) is 0 Å². The predicted octanol–water partition coefficient (Wildman–Crippen LogP) is 4.68. The van der Waals surface area contributed by atoms with Gasteiger partial charge in [0.15, 0.2) is 0 Å². The van der Waals surface area contributed by atoms with Gasteiger partial charge >= 0.3 is 0 Å². The Labute approximate surface area is 183 Å². The van der Waals surface area contributed by atoms with Crippen LogP contribution in [0.5, 0.6) is 11.5 Å². The van der Waals surface area contributed by atoms with Gasteiger partial charge < -0.3 is 14.9 Å². The van der Waals surface area contributed by atoms with Crippen molar-refractivity contribution in [1.82, 2.24) is 0 Å². The number of hydrogen-bond acceptors (Lipinski definition) is 5. The number of aromatic hydroxyl groups is 1. The fourth-order valence-electron chi connectivity index (χ4n) is 3.72. The number of benzene rings is 3. The van der Waals surface area contributed by atoms with E-state index in [2.05, 4.69) is 0 Å². The van der Waals surface area contributed by atoms with E-state index in [0.717, 1.165) is 0 Å². The molecule has 1 unspecified atom stereocenters. The zero-order valence-corrected chi connectivity index (χ0v) is 17.2. The van der Waals surface area contributed by atoms with Crippen molar-refractivity contribution in [3.63, 3.8) is 0 Å². The highest BCUT2D eigenvalue weighted by molar-refractivity contribution is 6.51. The number of ketones is 1. The molecule has 1 atom stereocenters. The Balaban J connectivity index is 1.99. The molecule has 7 heteroatoms. The molecule has 3 aromatic rings. The summed E-state index contributed by atoms with van der Waals surface area (Å²) < 4.78 is 5.31. The van der Waals surface area contributed by atoms with Gasteiger partial charge in [0, 0.05) is 10.7 Å². The molecule has 1 heterocycles. The molecule has 2 N–H and O–H groups in total. The maximum Gasteiger partial charge on any atom is 0.300 e. The van der Waals surface area contributed by atoms with E-state index in [4.69, 9.17) is 16.3 Å². The Kier molecular flexibility index (Phi) is 5.40. The molecule has 0 radical (unpaired) electrons. The molecule has 0 spiro atoms. The van der Waals surface area contributed by atoms with Crippen molar-refractivity contribution in [2.75, 3.05) is 12.0 Å². The molecule has 156 valence electrons. The van der Waals surface area contributed by atoms with Gasteiger partial charge in [-0.15, -0.1) is 0 Å². The van der Waals surface area contributed by atoms with Crippen LogP contribution in [-0.2, 0) is 9.59 Å². The van der Waals surface area contributed by atoms with Gasteiger partial charge in [-0.05, 0) is 48.0 Å². The number of halogens is 1. The molecule has 1 fully saturated rings. The van der Waals surface area contributed by atoms with Crippen LogP contribution in [0.15, 0.2) is 78.4 Å². The monoisotopic (exact) mass is 435 g/mol. The lowest BCUT2D eigenvalue weighted by Crippen LogP contribution is -2.29. The molecule has 6 nitrogen and oxygen atoms in total. The van der Waals surface area contributed by atoms with E-state index >= 15 is 0 Å². The minimum atomic E-state index is -0.976. The summed E-state index contributed by atoms with van der Waals surface area (Å²) in [5.41, 5.74) is 1.01. The number of anilines is 1. The lowest BCUT2D eigenvalue weighted by atomic mass is 9.94. The quantitative estimate of drug-likeness (QED) is 0.353. The number of phenolic OH excluding ortho intramolecular Hbond substituents is 1. The number of nitrogens with zero attached hydrogens (tertiary/aromatic N) is 1. The Morgan fingerprint density at radius 3 is 2.45 bits per heavy atom. The van der Waals surface area contributed by atoms with Crippen molar-refractivity contribution in [2.45, 2.75) is 6.04 Å². The van der Waals surface area contributed by atoms with Crippen LogP contribution in [0.4, 0.5) is 5.69 Å². The van der Waals surface area contributed by atoms with Crippen LogP contribution >= 0.6 is 11.6 Å². The fourth-order valence-corrected chi connectivity index (χ4v) is 3.90. The smallest absolute Gasteiger partial charge is 0.300 e. The molecule has 0 aromatic heterocycles. The maximum absolute atomic E-state index is 13.1. The standard InChI is InChI=1S/C24H18ClNO5/c1-31-19-11-3-2-10-18(19)22(28)20-21(14-6-4-9-17(27)12-14)26(24(30)23(20)29)16-8-5-7-15(25)13-16/h2-13,21,27-28H,1H3/b22-20+. The van der Waals surface area contributed by atoms with Gasteiger partial charge in [0.1, 0.15) is 17.3 Å². The normalized spacial score (nSPS) is 17.7. The summed E-state index contributed by atoms with van der Waals surface area (Å²) in [4.78, 5) is 27.5. The highest BCUT2D eigenvalue weighted by Crippen LogP contribution is 2.44. The van der Waals surface area contributed by atoms with Crippen LogP contribution in [0.3, 0.4) is 0 Å². The van der Waals surface area contributed by atoms with Crippen LogP contribution in [0.1, 0.15) is 17.2 Å². The molecule has 1 aliphatic rings. The molecule has 1 aliphatic heterocycles. The third-order valence-corrected chi connectivity index (χ3v) is 5.31. The summed E-state index contributed by atoms with van der Waals surface area (Å²) in [6.45, 7) is 0. The summed E-state index contributed by atoms with van der Waals surface area (Å²) in [7, 11) is 1.45. The Morgan fingerprint density at radius 2 is 1.74 bits per heavy atom. The molecule has 31 heavy (non-hydrogen) atoms. The minimum Gasteiger partial charge on any atom is -0.508 e. The second-order valence-corrected chi connectivity index (χ2v) is 7.38. The second kappa shape index (κ2) is 8.16. The highest BCUT2D eigenvalue weighted by Gasteiger charge is 2.47. The first-order chi connectivity index (χ1) is 14.9. The summed E-state index contributed by atoms with van der Waals surface area (Å²) in [5, 5.41) is 21.6. The number of carbonyl (C=O) groups is 2. The predicted molar refractivity (Wildman–Crippen MR) is 117 cm³/mol. The molecule has 4 rings (SSSR count). The number of carbonyl (C=O) groups excluding carboxylic acids is 2. The van der Waals surface area contributed by atoms with Crippen LogP contribution in [0.25, 0.3) is 5.76 Å². The van der Waals surface area contributed by atoms with Crippen molar-refractivity contribution in [2.24, 2.45) is 0 Å². The largest absolute Gasteiger partial charge is 0.508 e. The van der Waals surface area contributed by atoms with Crippen LogP contribution in [0, 0.1) is 0 Å². The van der Waals surface area contributed by atoms with E-state index in [9.17, 15) is 19.8 Å². The van der Waals surface area contributed by atoms with Gasteiger partial charge in [-0.25, -0.2) is 0 Å². The van der Waals surface area contributed by atoms with E-state index in [-0.39, 0.29) is 22.6 Å². The molecular formula is C24H18ClNO5. The zero-order valence-electron chi connectivity index (χ0n) is 16.4. The number of amides is 1. The third kappa shape index (κ3) is 3.62. The Morgan fingerprint density at radius 1 is 1.00 bits per heavy atom. The van der Waals surface area contributed by atoms with Gasteiger partial charge in [-0.3, -0.25) is 14.5 Å². The lowest BCUT2D eigenvalue weighted by Gasteiger charge is -2.25. The number of phenols is 1. The van der Waals surface area contributed by atoms with Crippen LogP contribution in [-0.4, -0.2) is 29.0 Å². The number of hydrogen-bond donors (Lipinski definition) is 2. The van der Waals surface area contributed by atoms with Crippen molar-refractivity contribution in [3.8, 4) is 11.5 Å². The van der Waals surface area contributed by atoms with E-state index in [1.807, 2.05) is 0 Å². The van der Waals surface area contributed by atoms with Crippen molar-refractivity contribution >= 4 is 34.7 Å². The molecule has 0 aliphatic carbocycles.